The highest BCUT2D eigenvalue weighted by molar-refractivity contribution is 6.29. The van der Waals surface area contributed by atoms with Crippen LogP contribution in [0.2, 0.25) is 5.15 Å². The highest BCUT2D eigenvalue weighted by Crippen LogP contribution is 2.28. The van der Waals surface area contributed by atoms with Gasteiger partial charge in [-0.3, -0.25) is 4.68 Å². The van der Waals surface area contributed by atoms with E-state index in [1.54, 1.807) is 23.1 Å². The molecule has 4 rings (SSSR count). The first-order valence-electron chi connectivity index (χ1n) is 8.48. The van der Waals surface area contributed by atoms with Crippen LogP contribution in [0.15, 0.2) is 55.0 Å². The third-order valence-electron chi connectivity index (χ3n) is 4.22. The number of aryl methyl sites for hydroxylation is 2. The van der Waals surface area contributed by atoms with Crippen LogP contribution in [0.3, 0.4) is 0 Å². The second kappa shape index (κ2) is 7.25. The minimum Gasteiger partial charge on any atom is -0.487 e. The van der Waals surface area contributed by atoms with Crippen LogP contribution in [-0.2, 0) is 13.7 Å². The molecule has 0 saturated carbocycles. The Morgan fingerprint density at radius 2 is 2.04 bits per heavy atom. The maximum absolute atomic E-state index is 5.92. The fourth-order valence-corrected chi connectivity index (χ4v) is 2.99. The summed E-state index contributed by atoms with van der Waals surface area (Å²) in [5.74, 6) is 1.54. The monoisotopic (exact) mass is 379 g/mol. The third kappa shape index (κ3) is 3.85. The predicted molar refractivity (Wildman–Crippen MR) is 107 cm³/mol. The van der Waals surface area contributed by atoms with Gasteiger partial charge in [0.15, 0.2) is 0 Å². The van der Waals surface area contributed by atoms with Gasteiger partial charge in [0, 0.05) is 24.8 Å². The van der Waals surface area contributed by atoms with Crippen LogP contribution in [0.4, 0.5) is 11.5 Å². The Hall–Kier alpha value is -3.12. The Morgan fingerprint density at radius 1 is 1.15 bits per heavy atom. The van der Waals surface area contributed by atoms with E-state index in [0.717, 1.165) is 39.3 Å². The van der Waals surface area contributed by atoms with Gasteiger partial charge in [-0.1, -0.05) is 11.6 Å². The smallest absolute Gasteiger partial charge is 0.138 e. The highest BCUT2D eigenvalue weighted by Gasteiger charge is 2.07. The van der Waals surface area contributed by atoms with E-state index >= 15 is 0 Å². The minimum absolute atomic E-state index is 0.435. The molecule has 4 aromatic rings. The van der Waals surface area contributed by atoms with Crippen LogP contribution in [0.1, 0.15) is 11.3 Å². The standard InChI is InChI=1S/C20H18ClN5O/c1-13-11-26(2)25-18(13)12-27-16-4-5-17-14(9-16)7-8-22-20(17)24-15-3-6-19(21)23-10-15/h3-11H,12H2,1-2H3,(H,22,24). The number of rotatable bonds is 5. The lowest BCUT2D eigenvalue weighted by atomic mass is 10.1. The van der Waals surface area contributed by atoms with Crippen molar-refractivity contribution < 1.29 is 4.74 Å². The number of anilines is 2. The van der Waals surface area contributed by atoms with Crippen LogP contribution >= 0.6 is 11.6 Å². The van der Waals surface area contributed by atoms with E-state index < -0.39 is 0 Å². The van der Waals surface area contributed by atoms with Gasteiger partial charge in [-0.25, -0.2) is 9.97 Å². The van der Waals surface area contributed by atoms with Crippen molar-refractivity contribution in [1.82, 2.24) is 19.7 Å². The molecule has 1 aromatic carbocycles. The lowest BCUT2D eigenvalue weighted by Crippen LogP contribution is -1.99. The van der Waals surface area contributed by atoms with Crippen molar-refractivity contribution in [3.63, 3.8) is 0 Å². The maximum Gasteiger partial charge on any atom is 0.138 e. The number of hydrogen-bond acceptors (Lipinski definition) is 5. The van der Waals surface area contributed by atoms with Crippen molar-refractivity contribution in [2.45, 2.75) is 13.5 Å². The van der Waals surface area contributed by atoms with Crippen LogP contribution < -0.4 is 10.1 Å². The number of nitrogens with zero attached hydrogens (tertiary/aromatic N) is 4. The summed E-state index contributed by atoms with van der Waals surface area (Å²) in [6, 6.07) is 11.5. The molecule has 0 radical (unpaired) electrons. The van der Waals surface area contributed by atoms with Gasteiger partial charge in [-0.05, 0) is 54.3 Å². The zero-order valence-electron chi connectivity index (χ0n) is 15.0. The molecule has 0 fully saturated rings. The molecule has 1 N–H and O–H groups in total. The summed E-state index contributed by atoms with van der Waals surface area (Å²) in [6.45, 7) is 2.46. The zero-order chi connectivity index (χ0) is 18.8. The van der Waals surface area contributed by atoms with E-state index in [9.17, 15) is 0 Å². The SMILES string of the molecule is Cc1cn(C)nc1COc1ccc2c(Nc3ccc(Cl)nc3)nccc2c1. The molecule has 0 atom stereocenters. The number of aromatic nitrogens is 4. The zero-order valence-corrected chi connectivity index (χ0v) is 15.7. The number of halogens is 1. The van der Waals surface area contributed by atoms with Gasteiger partial charge < -0.3 is 10.1 Å². The number of ether oxygens (including phenoxy) is 1. The molecular formula is C20H18ClN5O. The van der Waals surface area contributed by atoms with Crippen LogP contribution in [0, 0.1) is 6.92 Å². The minimum atomic E-state index is 0.435. The summed E-state index contributed by atoms with van der Waals surface area (Å²) < 4.78 is 7.72. The molecule has 0 bridgehead atoms. The topological polar surface area (TPSA) is 64.9 Å². The number of benzene rings is 1. The molecule has 0 aliphatic heterocycles. The van der Waals surface area contributed by atoms with E-state index in [1.165, 1.54) is 0 Å². The van der Waals surface area contributed by atoms with Gasteiger partial charge in [-0.15, -0.1) is 0 Å². The van der Waals surface area contributed by atoms with Gasteiger partial charge in [0.1, 0.15) is 29.0 Å². The normalized spacial score (nSPS) is 10.9. The average Bonchev–Trinajstić information content (AvgIpc) is 2.99. The summed E-state index contributed by atoms with van der Waals surface area (Å²) in [7, 11) is 1.91. The molecule has 0 saturated heterocycles. The van der Waals surface area contributed by atoms with E-state index in [2.05, 4.69) is 20.4 Å². The number of fused-ring (bicyclic) bond motifs is 1. The Bertz CT molecular complexity index is 1090. The summed E-state index contributed by atoms with van der Waals surface area (Å²) in [4.78, 5) is 8.52. The van der Waals surface area contributed by atoms with Crippen LogP contribution in [-0.4, -0.2) is 19.7 Å². The fourth-order valence-electron chi connectivity index (χ4n) is 2.88. The van der Waals surface area contributed by atoms with E-state index in [1.807, 2.05) is 50.5 Å². The number of pyridine rings is 2. The Morgan fingerprint density at radius 3 is 2.78 bits per heavy atom. The second-order valence-electron chi connectivity index (χ2n) is 6.26. The van der Waals surface area contributed by atoms with Crippen molar-refractivity contribution in [2.24, 2.45) is 7.05 Å². The largest absolute Gasteiger partial charge is 0.487 e. The number of hydrogen-bond donors (Lipinski definition) is 1. The summed E-state index contributed by atoms with van der Waals surface area (Å²) in [5, 5.41) is 10.2. The van der Waals surface area contributed by atoms with Gasteiger partial charge in [-0.2, -0.15) is 5.10 Å². The molecule has 0 aliphatic rings. The van der Waals surface area contributed by atoms with E-state index in [-0.39, 0.29) is 0 Å². The molecule has 6 nitrogen and oxygen atoms in total. The highest BCUT2D eigenvalue weighted by atomic mass is 35.5. The number of nitrogens with one attached hydrogen (secondary N) is 1. The van der Waals surface area contributed by atoms with Crippen molar-refractivity contribution >= 4 is 33.9 Å². The lowest BCUT2D eigenvalue weighted by molar-refractivity contribution is 0.299. The van der Waals surface area contributed by atoms with Crippen molar-refractivity contribution in [3.05, 3.63) is 71.4 Å². The van der Waals surface area contributed by atoms with E-state index in [4.69, 9.17) is 16.3 Å². The Kier molecular flexibility index (Phi) is 4.64. The molecule has 0 unspecified atom stereocenters. The van der Waals surface area contributed by atoms with Crippen LogP contribution in [0.25, 0.3) is 10.8 Å². The van der Waals surface area contributed by atoms with Crippen molar-refractivity contribution in [2.75, 3.05) is 5.32 Å². The summed E-state index contributed by atoms with van der Waals surface area (Å²) >= 11 is 5.84. The van der Waals surface area contributed by atoms with Gasteiger partial charge in [0.25, 0.3) is 0 Å². The third-order valence-corrected chi connectivity index (χ3v) is 4.44. The molecule has 0 aliphatic carbocycles. The van der Waals surface area contributed by atoms with Gasteiger partial charge in [0.05, 0.1) is 11.9 Å². The fraction of sp³-hybridized carbons (Fsp3) is 0.150. The van der Waals surface area contributed by atoms with Gasteiger partial charge >= 0.3 is 0 Å². The maximum atomic E-state index is 5.92. The second-order valence-corrected chi connectivity index (χ2v) is 6.65. The molecular weight excluding hydrogens is 362 g/mol. The predicted octanol–water partition coefficient (Wildman–Crippen LogP) is 4.65. The Balaban J connectivity index is 1.56. The average molecular weight is 380 g/mol. The molecule has 0 amide bonds. The Labute approximate surface area is 161 Å². The van der Waals surface area contributed by atoms with Crippen molar-refractivity contribution in [3.8, 4) is 5.75 Å². The van der Waals surface area contributed by atoms with E-state index in [0.29, 0.717) is 11.8 Å². The first-order valence-corrected chi connectivity index (χ1v) is 8.85. The quantitative estimate of drug-likeness (QED) is 0.511. The lowest BCUT2D eigenvalue weighted by Gasteiger charge is -2.10. The first-order chi connectivity index (χ1) is 13.1. The van der Waals surface area contributed by atoms with Crippen LogP contribution in [0.5, 0.6) is 5.75 Å². The first kappa shape index (κ1) is 17.3. The van der Waals surface area contributed by atoms with Crippen molar-refractivity contribution in [1.29, 1.82) is 0 Å². The summed E-state index contributed by atoms with van der Waals surface area (Å²) in [6.07, 6.45) is 5.42. The molecule has 27 heavy (non-hydrogen) atoms. The molecule has 3 heterocycles. The molecule has 7 heteroatoms. The van der Waals surface area contributed by atoms with Gasteiger partial charge in [0.2, 0.25) is 0 Å². The summed E-state index contributed by atoms with van der Waals surface area (Å²) in [5.41, 5.74) is 2.88. The molecule has 3 aromatic heterocycles. The molecule has 136 valence electrons. The molecule has 0 spiro atoms.